The number of rotatable bonds is 9. The number of benzene rings is 2. The topological polar surface area (TPSA) is 117 Å². The van der Waals surface area contributed by atoms with Gasteiger partial charge in [0.1, 0.15) is 5.52 Å². The molecule has 2 aromatic heterocycles. The van der Waals surface area contributed by atoms with Gasteiger partial charge in [-0.05, 0) is 81.7 Å². The van der Waals surface area contributed by atoms with E-state index in [1.165, 1.54) is 0 Å². The summed E-state index contributed by atoms with van der Waals surface area (Å²) in [4.78, 5) is 17.5. The van der Waals surface area contributed by atoms with Crippen LogP contribution in [-0.2, 0) is 11.2 Å². The summed E-state index contributed by atoms with van der Waals surface area (Å²) in [6.45, 7) is 5.91. The maximum atomic E-state index is 17.0. The van der Waals surface area contributed by atoms with E-state index in [1.54, 1.807) is 32.0 Å². The fourth-order valence-corrected chi connectivity index (χ4v) is 7.38. The van der Waals surface area contributed by atoms with E-state index in [1.807, 2.05) is 12.1 Å². The summed E-state index contributed by atoms with van der Waals surface area (Å²) in [6, 6.07) is 10.1. The second kappa shape index (κ2) is 11.8. The van der Waals surface area contributed by atoms with Gasteiger partial charge >= 0.3 is 0 Å². The maximum Gasteiger partial charge on any atom is 0.258 e. The minimum Gasteiger partial charge on any atom is -0.387 e. The molecule has 7 nitrogen and oxygen atoms in total. The molecule has 0 spiro atoms. The first kappa shape index (κ1) is 31.7. The molecule has 2 fully saturated rings. The van der Waals surface area contributed by atoms with Crippen LogP contribution in [0.5, 0.6) is 0 Å². The number of carbonyl (C=O) groups excluding carboxylic acids is 1. The number of halogens is 4. The first-order chi connectivity index (χ1) is 21.4. The Kier molecular flexibility index (Phi) is 8.32. The summed E-state index contributed by atoms with van der Waals surface area (Å²) >= 11 is 12.9. The van der Waals surface area contributed by atoms with Crippen LogP contribution in [0.1, 0.15) is 81.6 Å². The molecule has 4 N–H and O–H groups in total. The number of hydrogen-bond acceptors (Lipinski definition) is 5. The highest BCUT2D eigenvalue weighted by molar-refractivity contribution is 6.43. The lowest BCUT2D eigenvalue weighted by Crippen LogP contribution is -2.43. The number of carbonyl (C=O) groups is 1. The molecule has 236 valence electrons. The third-order valence-corrected chi connectivity index (χ3v) is 10.3. The summed E-state index contributed by atoms with van der Waals surface area (Å²) in [5.41, 5.74) is 7.12. The van der Waals surface area contributed by atoms with Crippen molar-refractivity contribution in [2.24, 2.45) is 17.6 Å². The van der Waals surface area contributed by atoms with Gasteiger partial charge in [-0.3, -0.25) is 4.79 Å². The molecule has 2 heterocycles. The molecule has 2 aliphatic carbocycles. The van der Waals surface area contributed by atoms with Gasteiger partial charge < -0.3 is 20.7 Å². The predicted octanol–water partition coefficient (Wildman–Crippen LogP) is 7.65. The van der Waals surface area contributed by atoms with Crippen molar-refractivity contribution < 1.29 is 18.7 Å². The first-order valence-corrected chi connectivity index (χ1v) is 16.1. The highest BCUT2D eigenvalue weighted by atomic mass is 35.5. The van der Waals surface area contributed by atoms with Crippen LogP contribution in [0.3, 0.4) is 0 Å². The van der Waals surface area contributed by atoms with Crippen molar-refractivity contribution in [1.29, 1.82) is 5.26 Å². The van der Waals surface area contributed by atoms with Crippen LogP contribution in [0, 0.1) is 29.0 Å². The molecule has 6 rings (SSSR count). The number of nitrogens with one attached hydrogen (secondary N) is 1. The van der Waals surface area contributed by atoms with Crippen molar-refractivity contribution in [1.82, 2.24) is 14.9 Å². The van der Waals surface area contributed by atoms with Crippen molar-refractivity contribution in [2.75, 3.05) is 6.54 Å². The van der Waals surface area contributed by atoms with Gasteiger partial charge in [-0.15, -0.1) is 0 Å². The quantitative estimate of drug-likeness (QED) is 0.172. The minimum absolute atomic E-state index is 0.0321. The van der Waals surface area contributed by atoms with Crippen molar-refractivity contribution in [3.8, 4) is 17.2 Å². The summed E-state index contributed by atoms with van der Waals surface area (Å²) in [5, 5.41) is 24.8. The molecular formula is C34H35Cl2F2N5O2. The molecule has 0 radical (unpaired) electrons. The standard InChI is InChI=1S/C34H35Cl2F2N5O2/c1-16-12-20(15-40)31(16)43-25(17(2)41-33(45)34(38)9-10-34)14-23-29(18(3)44)42-30-22(32(23)43)13-19(6-5-11-39)26(28(30)37)21-7-4-8-24(35)27(21)36/h4,7-8,13-14,16-18,20,31,44H,5-6,9-10,12,15,40H2,1-3H3,(H,41,45)/t16-,17+,18?,20+,31+/m0/s1. The van der Waals surface area contributed by atoms with E-state index in [2.05, 4.69) is 22.9 Å². The Balaban J connectivity index is 1.70. The van der Waals surface area contributed by atoms with Gasteiger partial charge in [0.05, 0.1) is 39.5 Å². The van der Waals surface area contributed by atoms with Crippen molar-refractivity contribution in [3.05, 3.63) is 63.1 Å². The molecule has 11 heteroatoms. The summed E-state index contributed by atoms with van der Waals surface area (Å²) in [5.74, 6) is -0.985. The number of pyridine rings is 1. The average Bonchev–Trinajstić information content (AvgIpc) is 3.64. The average molecular weight is 655 g/mol. The Bertz CT molecular complexity index is 1880. The number of hydrogen-bond donors (Lipinski definition) is 3. The molecule has 2 aromatic carbocycles. The highest BCUT2D eigenvalue weighted by Crippen LogP contribution is 2.50. The number of aliphatic hydroxyl groups excluding tert-OH is 1. The first-order valence-electron chi connectivity index (χ1n) is 15.3. The molecular weight excluding hydrogens is 619 g/mol. The molecule has 1 unspecified atom stereocenters. The van der Waals surface area contributed by atoms with Crippen LogP contribution in [0.4, 0.5) is 8.78 Å². The summed E-state index contributed by atoms with van der Waals surface area (Å²) in [6.07, 6.45) is 0.576. The Hall–Kier alpha value is -3.29. The van der Waals surface area contributed by atoms with Gasteiger partial charge in [0.25, 0.3) is 5.91 Å². The van der Waals surface area contributed by atoms with E-state index in [0.29, 0.717) is 39.7 Å². The van der Waals surface area contributed by atoms with Gasteiger partial charge in [0.2, 0.25) is 0 Å². The Labute approximate surface area is 270 Å². The van der Waals surface area contributed by atoms with Gasteiger partial charge in [0, 0.05) is 40.1 Å². The number of aromatic nitrogens is 2. The number of nitrogens with zero attached hydrogens (tertiary/aromatic N) is 3. The lowest BCUT2D eigenvalue weighted by molar-refractivity contribution is -0.128. The molecule has 4 aromatic rings. The second-order valence-electron chi connectivity index (χ2n) is 12.6. The number of nitriles is 1. The molecule has 0 bridgehead atoms. The van der Waals surface area contributed by atoms with E-state index in [4.69, 9.17) is 33.9 Å². The molecule has 2 aliphatic rings. The molecule has 5 atom stereocenters. The van der Waals surface area contributed by atoms with E-state index >= 15 is 4.39 Å². The van der Waals surface area contributed by atoms with Crippen LogP contribution in [0.25, 0.3) is 32.9 Å². The van der Waals surface area contributed by atoms with Crippen LogP contribution < -0.4 is 11.1 Å². The SMILES string of the molecule is CC(O)c1nc2c(F)c(-c3cccc(Cl)c3Cl)c(CCC#N)cc2c2c1cc([C@@H](C)NC(=O)C1(F)CC1)n2[C@H]1[C@@H](CN)C[C@@H]1C. The second-order valence-corrected chi connectivity index (χ2v) is 13.4. The number of fused-ring (bicyclic) bond motifs is 3. The van der Waals surface area contributed by atoms with E-state index in [0.717, 1.165) is 6.42 Å². The van der Waals surface area contributed by atoms with Crippen molar-refractivity contribution in [2.45, 2.75) is 76.7 Å². The van der Waals surface area contributed by atoms with Gasteiger partial charge in [0.15, 0.2) is 11.5 Å². The van der Waals surface area contributed by atoms with Crippen LogP contribution >= 0.6 is 23.2 Å². The van der Waals surface area contributed by atoms with Crippen molar-refractivity contribution >= 4 is 50.9 Å². The zero-order valence-electron chi connectivity index (χ0n) is 25.3. The van der Waals surface area contributed by atoms with E-state index < -0.39 is 29.5 Å². The molecule has 0 aliphatic heterocycles. The van der Waals surface area contributed by atoms with E-state index in [9.17, 15) is 19.6 Å². The molecule has 0 saturated heterocycles. The number of aryl methyl sites for hydroxylation is 1. The number of aliphatic hydroxyl groups is 1. The van der Waals surface area contributed by atoms with Gasteiger partial charge in [-0.1, -0.05) is 42.3 Å². The van der Waals surface area contributed by atoms with Crippen LogP contribution in [-0.4, -0.2) is 32.8 Å². The Morgan fingerprint density at radius 2 is 2.02 bits per heavy atom. The van der Waals surface area contributed by atoms with Gasteiger partial charge in [-0.25, -0.2) is 13.8 Å². The van der Waals surface area contributed by atoms with Crippen LogP contribution in [0.2, 0.25) is 10.0 Å². The normalized spacial score (nSPS) is 21.7. The van der Waals surface area contributed by atoms with Gasteiger partial charge in [-0.2, -0.15) is 5.26 Å². The van der Waals surface area contributed by atoms with Crippen molar-refractivity contribution in [3.63, 3.8) is 0 Å². The number of alkyl halides is 1. The maximum absolute atomic E-state index is 17.0. The smallest absolute Gasteiger partial charge is 0.258 e. The molecule has 1 amide bonds. The Morgan fingerprint density at radius 1 is 1.29 bits per heavy atom. The summed E-state index contributed by atoms with van der Waals surface area (Å²) in [7, 11) is 0. The Morgan fingerprint density at radius 3 is 2.64 bits per heavy atom. The lowest BCUT2D eigenvalue weighted by atomic mass is 9.70. The van der Waals surface area contributed by atoms with Crippen LogP contribution in [0.15, 0.2) is 30.3 Å². The number of amides is 1. The third kappa shape index (κ3) is 5.26. The van der Waals surface area contributed by atoms with E-state index in [-0.39, 0.29) is 70.4 Å². The fraction of sp³-hybridized carbons (Fsp3) is 0.441. The monoisotopic (exact) mass is 653 g/mol. The lowest BCUT2D eigenvalue weighted by Gasteiger charge is -2.45. The summed E-state index contributed by atoms with van der Waals surface area (Å²) < 4.78 is 33.8. The molecule has 45 heavy (non-hydrogen) atoms. The zero-order chi connectivity index (χ0) is 32.4. The largest absolute Gasteiger partial charge is 0.387 e. The molecule has 2 saturated carbocycles. The zero-order valence-corrected chi connectivity index (χ0v) is 26.8. The minimum atomic E-state index is -1.86. The predicted molar refractivity (Wildman–Crippen MR) is 172 cm³/mol. The highest BCUT2D eigenvalue weighted by Gasteiger charge is 2.51. The number of nitrogens with two attached hydrogens (primary N) is 1. The fourth-order valence-electron chi connectivity index (χ4n) is 6.99. The third-order valence-electron chi connectivity index (χ3n) is 9.50.